The van der Waals surface area contributed by atoms with Crippen LogP contribution in [0, 0.1) is 0 Å². The number of alkyl halides is 6. The highest BCUT2D eigenvalue weighted by atomic mass is 32.3. The van der Waals surface area contributed by atoms with Gasteiger partial charge in [-0.2, -0.15) is 26.3 Å². The third-order valence-corrected chi connectivity index (χ3v) is 7.91. The van der Waals surface area contributed by atoms with E-state index in [1.54, 1.807) is 6.92 Å². The molecule has 0 radical (unpaired) electrons. The van der Waals surface area contributed by atoms with Crippen molar-refractivity contribution in [1.29, 1.82) is 0 Å². The first kappa shape index (κ1) is 22.4. The van der Waals surface area contributed by atoms with Crippen LogP contribution in [0.5, 0.6) is 0 Å². The fourth-order valence-corrected chi connectivity index (χ4v) is 5.11. The first-order valence-corrected chi connectivity index (χ1v) is 9.43. The Hall–Kier alpha value is -0.560. The summed E-state index contributed by atoms with van der Waals surface area (Å²) in [4.78, 5) is 0. The van der Waals surface area contributed by atoms with Crippen LogP contribution in [0.1, 0.15) is 45.4 Å². The lowest BCUT2D eigenvalue weighted by atomic mass is 10.1. The monoisotopic (exact) mass is 393 g/mol. The molecular formula is C10H17F6NO4S2. The molecular weight excluding hydrogens is 376 g/mol. The minimum atomic E-state index is -6.80. The van der Waals surface area contributed by atoms with E-state index in [0.717, 1.165) is 0 Å². The second-order valence-corrected chi connectivity index (χ2v) is 9.53. The minimum Gasteiger partial charge on any atom is -0.299 e. The first-order chi connectivity index (χ1) is 10.1. The smallest absolute Gasteiger partial charge is 0.299 e. The fourth-order valence-electron chi connectivity index (χ4n) is 1.78. The molecule has 0 saturated carbocycles. The molecule has 2 N–H and O–H groups in total. The van der Waals surface area contributed by atoms with Crippen molar-refractivity contribution in [3.8, 4) is 0 Å². The lowest BCUT2D eigenvalue weighted by molar-refractivity contribution is -0.0494. The van der Waals surface area contributed by atoms with E-state index in [1.807, 2.05) is 0 Å². The minimum absolute atomic E-state index is 0.0492. The standard InChI is InChI=1S/C10H17F6NO4S2/c1-2-3-4-5-6-7-8(17,22(18,19)9(11,12)13)23(20,21)10(14,15)16/h2-7,17H2,1H3. The Labute approximate surface area is 130 Å². The van der Waals surface area contributed by atoms with Crippen LogP contribution in [0.4, 0.5) is 26.3 Å². The molecule has 0 unspecified atom stereocenters. The van der Waals surface area contributed by atoms with Gasteiger partial charge >= 0.3 is 11.0 Å². The summed E-state index contributed by atoms with van der Waals surface area (Å²) in [5.41, 5.74) is -7.74. The van der Waals surface area contributed by atoms with Crippen LogP contribution in [0.25, 0.3) is 0 Å². The predicted molar refractivity (Wildman–Crippen MR) is 70.2 cm³/mol. The Balaban J connectivity index is 5.85. The summed E-state index contributed by atoms with van der Waals surface area (Å²) in [5, 5.41) is 0. The highest BCUT2D eigenvalue weighted by Gasteiger charge is 2.70. The zero-order valence-electron chi connectivity index (χ0n) is 12.0. The Morgan fingerprint density at radius 1 is 0.739 bits per heavy atom. The summed E-state index contributed by atoms with van der Waals surface area (Å²) < 4.78 is 116. The zero-order valence-corrected chi connectivity index (χ0v) is 13.7. The number of sulfone groups is 2. The van der Waals surface area contributed by atoms with Crippen LogP contribution in [0.15, 0.2) is 0 Å². The zero-order chi connectivity index (χ0) is 18.7. The molecule has 0 bridgehead atoms. The summed E-state index contributed by atoms with van der Waals surface area (Å²) >= 11 is 0. The highest BCUT2D eigenvalue weighted by Crippen LogP contribution is 2.43. The number of hydrogen-bond acceptors (Lipinski definition) is 5. The Kier molecular flexibility index (Phi) is 6.96. The first-order valence-electron chi connectivity index (χ1n) is 6.47. The predicted octanol–water partition coefficient (Wildman–Crippen LogP) is 2.83. The van der Waals surface area contributed by atoms with Gasteiger partial charge in [0.15, 0.2) is 0 Å². The SMILES string of the molecule is CCCCCCCC(N)(S(=O)(=O)C(F)(F)F)S(=O)(=O)C(F)(F)F. The topological polar surface area (TPSA) is 94.3 Å². The van der Waals surface area contributed by atoms with Crippen molar-refractivity contribution in [1.82, 2.24) is 0 Å². The van der Waals surface area contributed by atoms with Crippen LogP contribution >= 0.6 is 0 Å². The fraction of sp³-hybridized carbons (Fsp3) is 1.00. The van der Waals surface area contributed by atoms with E-state index in [-0.39, 0.29) is 6.42 Å². The van der Waals surface area contributed by atoms with E-state index in [9.17, 15) is 43.2 Å². The van der Waals surface area contributed by atoms with Gasteiger partial charge in [-0.3, -0.25) is 5.73 Å². The van der Waals surface area contributed by atoms with Crippen LogP contribution < -0.4 is 5.73 Å². The molecule has 5 nitrogen and oxygen atoms in total. The highest BCUT2D eigenvalue weighted by molar-refractivity contribution is 8.11. The van der Waals surface area contributed by atoms with Crippen molar-refractivity contribution in [3.63, 3.8) is 0 Å². The number of rotatable bonds is 8. The summed E-state index contributed by atoms with van der Waals surface area (Å²) in [7, 11) is -13.6. The molecule has 0 rings (SSSR count). The molecule has 0 aliphatic carbocycles. The molecule has 0 aliphatic rings. The van der Waals surface area contributed by atoms with Gasteiger partial charge in [-0.25, -0.2) is 16.8 Å². The van der Waals surface area contributed by atoms with E-state index in [2.05, 4.69) is 0 Å². The summed E-state index contributed by atoms with van der Waals surface area (Å²) in [6, 6.07) is 0. The molecule has 0 fully saturated rings. The molecule has 0 aromatic rings. The molecule has 0 aromatic heterocycles. The third-order valence-electron chi connectivity index (χ3n) is 3.15. The van der Waals surface area contributed by atoms with E-state index in [0.29, 0.717) is 19.3 Å². The Morgan fingerprint density at radius 2 is 1.09 bits per heavy atom. The molecule has 0 atom stereocenters. The number of unbranched alkanes of at least 4 members (excludes halogenated alkanes) is 4. The Bertz CT molecular complexity index is 550. The summed E-state index contributed by atoms with van der Waals surface area (Å²) in [6.07, 6.45) is -0.259. The summed E-state index contributed by atoms with van der Waals surface area (Å²) in [6.45, 7) is 1.79. The maximum Gasteiger partial charge on any atom is 0.500 e. The maximum absolute atomic E-state index is 12.6. The number of halogens is 6. The van der Waals surface area contributed by atoms with Gasteiger partial charge in [0.2, 0.25) is 4.20 Å². The van der Waals surface area contributed by atoms with Crippen molar-refractivity contribution in [2.24, 2.45) is 5.73 Å². The van der Waals surface area contributed by atoms with Gasteiger partial charge in [0, 0.05) is 0 Å². The molecule has 0 aliphatic heterocycles. The second kappa shape index (κ2) is 7.13. The maximum atomic E-state index is 12.6. The quantitative estimate of drug-likeness (QED) is 0.506. The number of nitrogens with two attached hydrogens (primary N) is 1. The average Bonchev–Trinajstić information content (AvgIpc) is 2.35. The van der Waals surface area contributed by atoms with E-state index < -0.39 is 47.7 Å². The number of hydrogen-bond donors (Lipinski definition) is 1. The van der Waals surface area contributed by atoms with Crippen LogP contribution in [-0.2, 0) is 19.7 Å². The van der Waals surface area contributed by atoms with Gasteiger partial charge in [0.25, 0.3) is 19.7 Å². The van der Waals surface area contributed by atoms with Crippen LogP contribution in [-0.4, -0.2) is 32.1 Å². The molecule has 0 amide bonds. The lowest BCUT2D eigenvalue weighted by Gasteiger charge is -2.30. The molecule has 0 aromatic carbocycles. The molecule has 23 heavy (non-hydrogen) atoms. The Morgan fingerprint density at radius 3 is 1.39 bits per heavy atom. The average molecular weight is 393 g/mol. The second-order valence-electron chi connectivity index (χ2n) is 4.87. The van der Waals surface area contributed by atoms with Crippen molar-refractivity contribution < 1.29 is 43.2 Å². The molecule has 0 heterocycles. The van der Waals surface area contributed by atoms with Gasteiger partial charge in [-0.1, -0.05) is 32.6 Å². The van der Waals surface area contributed by atoms with Crippen molar-refractivity contribution in [3.05, 3.63) is 0 Å². The van der Waals surface area contributed by atoms with Gasteiger partial charge in [0.1, 0.15) is 0 Å². The van der Waals surface area contributed by atoms with Crippen molar-refractivity contribution in [2.75, 3.05) is 0 Å². The summed E-state index contributed by atoms with van der Waals surface area (Å²) in [5.74, 6) is 0. The van der Waals surface area contributed by atoms with Gasteiger partial charge in [-0.15, -0.1) is 0 Å². The molecule has 0 saturated heterocycles. The lowest BCUT2D eigenvalue weighted by Crippen LogP contribution is -2.62. The van der Waals surface area contributed by atoms with E-state index >= 15 is 0 Å². The van der Waals surface area contributed by atoms with Gasteiger partial charge < -0.3 is 0 Å². The van der Waals surface area contributed by atoms with E-state index in [4.69, 9.17) is 5.73 Å². The molecule has 140 valence electrons. The molecule has 0 spiro atoms. The largest absolute Gasteiger partial charge is 0.500 e. The third kappa shape index (κ3) is 4.29. The van der Waals surface area contributed by atoms with Crippen LogP contribution in [0.2, 0.25) is 0 Å². The van der Waals surface area contributed by atoms with Gasteiger partial charge in [0.05, 0.1) is 0 Å². The van der Waals surface area contributed by atoms with E-state index in [1.165, 1.54) is 0 Å². The van der Waals surface area contributed by atoms with Crippen molar-refractivity contribution >= 4 is 19.7 Å². The van der Waals surface area contributed by atoms with Crippen LogP contribution in [0.3, 0.4) is 0 Å². The molecule has 13 heteroatoms. The van der Waals surface area contributed by atoms with Gasteiger partial charge in [-0.05, 0) is 12.8 Å². The van der Waals surface area contributed by atoms with Crippen molar-refractivity contribution in [2.45, 2.75) is 60.7 Å². The normalized spacial score (nSPS) is 15.0.